The largest absolute Gasteiger partial charge is 0.458 e. The SMILES string of the molecule is CC(=O)OCC(=O)[C@@]1(O)[C@@H](C)C[C@@H]2[C@@H]3CCC4=CC(=O)C=C[C@]4(C)[C@@]3(F)[C@H](O)C[C@@]21C. The number of Topliss-reactive ketones (excluding diaryl/α,β-unsaturated/α-hetero) is 1. The number of aliphatic hydroxyl groups is 2. The van der Waals surface area contributed by atoms with E-state index in [0.29, 0.717) is 24.8 Å². The van der Waals surface area contributed by atoms with Gasteiger partial charge < -0.3 is 14.9 Å². The Morgan fingerprint density at radius 3 is 2.61 bits per heavy atom. The number of hydrogen-bond donors (Lipinski definition) is 2. The summed E-state index contributed by atoms with van der Waals surface area (Å²) in [5.41, 5.74) is -5.33. The van der Waals surface area contributed by atoms with Crippen LogP contribution in [0.2, 0.25) is 0 Å². The van der Waals surface area contributed by atoms with Gasteiger partial charge in [-0.3, -0.25) is 14.4 Å². The van der Waals surface area contributed by atoms with Crippen molar-refractivity contribution in [2.24, 2.45) is 28.6 Å². The summed E-state index contributed by atoms with van der Waals surface area (Å²) in [5, 5.41) is 22.9. The van der Waals surface area contributed by atoms with Crippen LogP contribution in [0.15, 0.2) is 23.8 Å². The number of rotatable bonds is 3. The van der Waals surface area contributed by atoms with Crippen molar-refractivity contribution < 1.29 is 33.7 Å². The highest BCUT2D eigenvalue weighted by Gasteiger charge is 2.75. The standard InChI is InChI=1S/C24H31FO6/c1-13-9-18-17-6-5-15-10-16(27)7-8-21(15,3)23(17,25)19(28)11-22(18,4)24(13,30)20(29)12-31-14(2)26/h7-8,10,13,17-19,28,30H,5-6,9,11-12H2,1-4H3/t13-,17-,18+,19+,21-,22-,23-,24-/m0/s1. The van der Waals surface area contributed by atoms with Gasteiger partial charge in [0, 0.05) is 23.7 Å². The highest BCUT2D eigenvalue weighted by Crippen LogP contribution is 2.70. The lowest BCUT2D eigenvalue weighted by Crippen LogP contribution is -2.69. The minimum Gasteiger partial charge on any atom is -0.458 e. The van der Waals surface area contributed by atoms with Gasteiger partial charge >= 0.3 is 5.97 Å². The number of fused-ring (bicyclic) bond motifs is 5. The number of halogens is 1. The third kappa shape index (κ3) is 2.65. The fraction of sp³-hybridized carbons (Fsp3) is 0.708. The molecule has 31 heavy (non-hydrogen) atoms. The summed E-state index contributed by atoms with van der Waals surface area (Å²) in [4.78, 5) is 36.2. The molecule has 0 radical (unpaired) electrons. The quantitative estimate of drug-likeness (QED) is 0.662. The van der Waals surface area contributed by atoms with Crippen LogP contribution in [-0.4, -0.2) is 51.7 Å². The molecule has 0 aliphatic heterocycles. The van der Waals surface area contributed by atoms with E-state index in [9.17, 15) is 24.6 Å². The molecule has 4 aliphatic rings. The van der Waals surface area contributed by atoms with Crippen molar-refractivity contribution in [3.8, 4) is 0 Å². The van der Waals surface area contributed by atoms with Crippen molar-refractivity contribution in [1.29, 1.82) is 0 Å². The number of carbonyl (C=O) groups excluding carboxylic acids is 3. The monoisotopic (exact) mass is 434 g/mol. The Bertz CT molecular complexity index is 910. The van der Waals surface area contributed by atoms with Crippen LogP contribution in [0.25, 0.3) is 0 Å². The summed E-state index contributed by atoms with van der Waals surface area (Å²) in [6, 6.07) is 0. The minimum atomic E-state index is -2.01. The van der Waals surface area contributed by atoms with Crippen LogP contribution in [0.1, 0.15) is 53.4 Å². The van der Waals surface area contributed by atoms with E-state index in [2.05, 4.69) is 0 Å². The summed E-state index contributed by atoms with van der Waals surface area (Å²) in [6.07, 6.45) is 4.29. The molecular formula is C24H31FO6. The molecule has 0 aromatic heterocycles. The molecule has 0 aromatic carbocycles. The average Bonchev–Trinajstić information content (AvgIpc) is 2.89. The number of allylic oxidation sites excluding steroid dienone is 4. The summed E-state index contributed by atoms with van der Waals surface area (Å²) >= 11 is 0. The smallest absolute Gasteiger partial charge is 0.303 e. The van der Waals surface area contributed by atoms with Gasteiger partial charge in [-0.05, 0) is 56.6 Å². The zero-order valence-electron chi connectivity index (χ0n) is 18.5. The van der Waals surface area contributed by atoms with E-state index in [0.717, 1.165) is 0 Å². The second-order valence-corrected chi connectivity index (χ2v) is 10.4. The lowest BCUT2D eigenvalue weighted by molar-refractivity contribution is -0.219. The fourth-order valence-electron chi connectivity index (χ4n) is 7.42. The summed E-state index contributed by atoms with van der Waals surface area (Å²) in [6.45, 7) is 5.89. The van der Waals surface area contributed by atoms with Gasteiger partial charge in [0.2, 0.25) is 5.78 Å². The summed E-state index contributed by atoms with van der Waals surface area (Å²) in [5.74, 6) is -2.80. The molecule has 0 bridgehead atoms. The molecule has 0 heterocycles. The molecular weight excluding hydrogens is 403 g/mol. The lowest BCUT2D eigenvalue weighted by Gasteiger charge is -2.62. The number of carbonyl (C=O) groups is 3. The molecule has 170 valence electrons. The Balaban J connectivity index is 1.76. The van der Waals surface area contributed by atoms with Gasteiger partial charge in [-0.2, -0.15) is 0 Å². The zero-order chi connectivity index (χ0) is 23.0. The molecule has 0 amide bonds. The number of hydrogen-bond acceptors (Lipinski definition) is 6. The Morgan fingerprint density at radius 1 is 1.29 bits per heavy atom. The molecule has 6 nitrogen and oxygen atoms in total. The van der Waals surface area contributed by atoms with Crippen LogP contribution in [0.3, 0.4) is 0 Å². The van der Waals surface area contributed by atoms with E-state index in [1.165, 1.54) is 19.1 Å². The van der Waals surface area contributed by atoms with Gasteiger partial charge in [-0.15, -0.1) is 0 Å². The number of ether oxygens (including phenoxy) is 1. The average molecular weight is 435 g/mol. The third-order valence-electron chi connectivity index (χ3n) is 9.05. The van der Waals surface area contributed by atoms with Gasteiger partial charge in [0.05, 0.1) is 6.10 Å². The van der Waals surface area contributed by atoms with Gasteiger partial charge in [0.25, 0.3) is 0 Å². The van der Waals surface area contributed by atoms with Gasteiger partial charge in [-0.25, -0.2) is 4.39 Å². The zero-order valence-corrected chi connectivity index (χ0v) is 18.5. The van der Waals surface area contributed by atoms with E-state index in [1.807, 2.05) is 0 Å². The molecule has 0 unspecified atom stereocenters. The normalized spacial score (nSPS) is 48.4. The molecule has 0 aromatic rings. The van der Waals surface area contributed by atoms with Crippen molar-refractivity contribution in [3.05, 3.63) is 23.8 Å². The van der Waals surface area contributed by atoms with Crippen molar-refractivity contribution in [3.63, 3.8) is 0 Å². The van der Waals surface area contributed by atoms with Crippen LogP contribution >= 0.6 is 0 Å². The van der Waals surface area contributed by atoms with Crippen molar-refractivity contribution in [2.75, 3.05) is 6.61 Å². The molecule has 3 fully saturated rings. The number of aliphatic hydroxyl groups excluding tert-OH is 1. The van der Waals surface area contributed by atoms with Crippen LogP contribution in [0, 0.1) is 28.6 Å². The molecule has 2 N–H and O–H groups in total. The summed E-state index contributed by atoms with van der Waals surface area (Å²) < 4.78 is 21.9. The van der Waals surface area contributed by atoms with E-state index in [4.69, 9.17) is 4.74 Å². The first-order valence-electron chi connectivity index (χ1n) is 11.0. The topological polar surface area (TPSA) is 101 Å². The predicted molar refractivity (Wildman–Crippen MR) is 109 cm³/mol. The summed E-state index contributed by atoms with van der Waals surface area (Å²) in [7, 11) is 0. The van der Waals surface area contributed by atoms with Crippen LogP contribution in [-0.2, 0) is 19.1 Å². The Kier molecular flexibility index (Phi) is 4.91. The molecule has 7 heteroatoms. The van der Waals surface area contributed by atoms with E-state index in [-0.39, 0.29) is 18.1 Å². The Hall–Kier alpha value is -1.86. The van der Waals surface area contributed by atoms with Crippen molar-refractivity contribution >= 4 is 17.5 Å². The molecule has 0 saturated heterocycles. The fourth-order valence-corrected chi connectivity index (χ4v) is 7.42. The third-order valence-corrected chi connectivity index (χ3v) is 9.05. The van der Waals surface area contributed by atoms with Gasteiger partial charge in [0.15, 0.2) is 18.1 Å². The van der Waals surface area contributed by atoms with Crippen LogP contribution < -0.4 is 0 Å². The Labute approximate surface area is 181 Å². The maximum Gasteiger partial charge on any atom is 0.303 e. The predicted octanol–water partition coefficient (Wildman–Crippen LogP) is 2.47. The first kappa shape index (κ1) is 22.3. The van der Waals surface area contributed by atoms with Gasteiger partial charge in [0.1, 0.15) is 5.60 Å². The minimum absolute atomic E-state index is 0.0953. The number of esters is 1. The van der Waals surface area contributed by atoms with Gasteiger partial charge in [-0.1, -0.05) is 25.5 Å². The first-order chi connectivity index (χ1) is 14.3. The van der Waals surface area contributed by atoms with E-state index >= 15 is 4.39 Å². The maximum absolute atomic E-state index is 17.0. The molecule has 4 aliphatic carbocycles. The highest BCUT2D eigenvalue weighted by molar-refractivity contribution is 6.01. The first-order valence-corrected chi connectivity index (χ1v) is 11.0. The maximum atomic E-state index is 17.0. The van der Waals surface area contributed by atoms with Crippen molar-refractivity contribution in [2.45, 2.75) is 70.8 Å². The van der Waals surface area contributed by atoms with E-state index in [1.54, 1.807) is 26.8 Å². The number of ketones is 2. The van der Waals surface area contributed by atoms with Crippen molar-refractivity contribution in [1.82, 2.24) is 0 Å². The molecule has 3 saturated carbocycles. The van der Waals surface area contributed by atoms with Crippen LogP contribution in [0.4, 0.5) is 4.39 Å². The lowest BCUT2D eigenvalue weighted by atomic mass is 9.44. The highest BCUT2D eigenvalue weighted by atomic mass is 19.1. The molecule has 0 spiro atoms. The second-order valence-electron chi connectivity index (χ2n) is 10.4. The second kappa shape index (κ2) is 6.82. The van der Waals surface area contributed by atoms with E-state index < -0.39 is 58.4 Å². The number of alkyl halides is 1. The molecule has 4 rings (SSSR count). The Morgan fingerprint density at radius 2 is 1.97 bits per heavy atom. The molecule has 8 atom stereocenters. The van der Waals surface area contributed by atoms with Crippen LogP contribution in [0.5, 0.6) is 0 Å².